The standard InChI is InChI=1S/C17H19ClFN5/c18-14-9-21-16(23-13-7-17(8-13)5-6-20-10-17)24-15(14)22-12-3-1-11(19)2-4-12/h1-4,9,13,20H,5-8,10H2,(H2,21,22,23,24). The van der Waals surface area contributed by atoms with Crippen molar-refractivity contribution in [2.45, 2.75) is 25.3 Å². The molecule has 0 bridgehead atoms. The Balaban J connectivity index is 1.42. The Kier molecular flexibility index (Phi) is 4.02. The molecule has 1 aromatic heterocycles. The molecule has 2 aromatic rings. The second kappa shape index (κ2) is 6.18. The Morgan fingerprint density at radius 1 is 1.25 bits per heavy atom. The van der Waals surface area contributed by atoms with E-state index >= 15 is 0 Å². The number of nitrogens with zero attached hydrogens (tertiary/aromatic N) is 2. The highest BCUT2D eigenvalue weighted by Gasteiger charge is 2.46. The number of benzene rings is 1. The van der Waals surface area contributed by atoms with Crippen LogP contribution in [0.2, 0.25) is 5.02 Å². The number of rotatable bonds is 4. The smallest absolute Gasteiger partial charge is 0.224 e. The number of halogens is 2. The molecule has 0 atom stereocenters. The van der Waals surface area contributed by atoms with Gasteiger partial charge in [0.1, 0.15) is 10.8 Å². The minimum atomic E-state index is -0.281. The number of aromatic nitrogens is 2. The van der Waals surface area contributed by atoms with Crippen molar-refractivity contribution in [2.24, 2.45) is 5.41 Å². The third-order valence-electron chi connectivity index (χ3n) is 4.88. The Bertz CT molecular complexity index is 722. The molecule has 4 rings (SSSR count). The maximum absolute atomic E-state index is 13.0. The van der Waals surface area contributed by atoms with Gasteiger partial charge >= 0.3 is 0 Å². The van der Waals surface area contributed by atoms with E-state index in [1.165, 1.54) is 18.6 Å². The van der Waals surface area contributed by atoms with Gasteiger partial charge in [0.15, 0.2) is 5.82 Å². The highest BCUT2D eigenvalue weighted by atomic mass is 35.5. The summed E-state index contributed by atoms with van der Waals surface area (Å²) in [5.74, 6) is 0.796. The molecule has 2 aliphatic rings. The zero-order valence-corrected chi connectivity index (χ0v) is 13.9. The van der Waals surface area contributed by atoms with Crippen LogP contribution in [0.15, 0.2) is 30.5 Å². The van der Waals surface area contributed by atoms with Gasteiger partial charge in [-0.15, -0.1) is 0 Å². The van der Waals surface area contributed by atoms with Crippen LogP contribution in [-0.4, -0.2) is 29.1 Å². The van der Waals surface area contributed by atoms with Crippen LogP contribution in [0.3, 0.4) is 0 Å². The quantitative estimate of drug-likeness (QED) is 0.789. The Labute approximate surface area is 145 Å². The molecule has 1 saturated carbocycles. The first-order valence-electron chi connectivity index (χ1n) is 8.14. The summed E-state index contributed by atoms with van der Waals surface area (Å²) < 4.78 is 13.0. The molecule has 126 valence electrons. The molecule has 1 saturated heterocycles. The van der Waals surface area contributed by atoms with Crippen LogP contribution < -0.4 is 16.0 Å². The van der Waals surface area contributed by atoms with Crippen molar-refractivity contribution in [3.8, 4) is 0 Å². The van der Waals surface area contributed by atoms with E-state index < -0.39 is 0 Å². The van der Waals surface area contributed by atoms with Gasteiger partial charge < -0.3 is 16.0 Å². The van der Waals surface area contributed by atoms with Crippen LogP contribution in [0.4, 0.5) is 21.8 Å². The lowest BCUT2D eigenvalue weighted by Crippen LogP contribution is -2.46. The summed E-state index contributed by atoms with van der Waals surface area (Å²) >= 11 is 6.16. The van der Waals surface area contributed by atoms with E-state index in [2.05, 4.69) is 25.9 Å². The maximum atomic E-state index is 13.0. The van der Waals surface area contributed by atoms with Crippen molar-refractivity contribution in [1.29, 1.82) is 0 Å². The number of hydrogen-bond acceptors (Lipinski definition) is 5. The van der Waals surface area contributed by atoms with E-state index in [-0.39, 0.29) is 5.82 Å². The average Bonchev–Trinajstić information content (AvgIpc) is 3.02. The monoisotopic (exact) mass is 347 g/mol. The fraction of sp³-hybridized carbons (Fsp3) is 0.412. The fourth-order valence-electron chi connectivity index (χ4n) is 3.61. The van der Waals surface area contributed by atoms with Gasteiger partial charge in [-0.1, -0.05) is 11.6 Å². The molecular formula is C17H19ClFN5. The average molecular weight is 348 g/mol. The Hall–Kier alpha value is -1.92. The lowest BCUT2D eigenvalue weighted by atomic mass is 9.65. The molecular weight excluding hydrogens is 329 g/mol. The molecule has 2 fully saturated rings. The molecule has 24 heavy (non-hydrogen) atoms. The molecule has 1 aliphatic heterocycles. The van der Waals surface area contributed by atoms with Crippen molar-refractivity contribution in [3.05, 3.63) is 41.3 Å². The maximum Gasteiger partial charge on any atom is 0.224 e. The fourth-order valence-corrected chi connectivity index (χ4v) is 3.75. The molecule has 1 aromatic carbocycles. The van der Waals surface area contributed by atoms with E-state index in [9.17, 15) is 4.39 Å². The first kappa shape index (κ1) is 15.6. The predicted octanol–water partition coefficient (Wildman–Crippen LogP) is 3.57. The molecule has 7 heteroatoms. The third-order valence-corrected chi connectivity index (χ3v) is 5.15. The molecule has 1 aliphatic carbocycles. The van der Waals surface area contributed by atoms with Crippen LogP contribution in [0.25, 0.3) is 0 Å². The minimum Gasteiger partial charge on any atom is -0.351 e. The zero-order chi connectivity index (χ0) is 16.6. The van der Waals surface area contributed by atoms with Crippen LogP contribution in [0, 0.1) is 11.2 Å². The van der Waals surface area contributed by atoms with Gasteiger partial charge in [-0.3, -0.25) is 0 Å². The van der Waals surface area contributed by atoms with Gasteiger partial charge in [0.25, 0.3) is 0 Å². The molecule has 0 unspecified atom stereocenters. The van der Waals surface area contributed by atoms with Gasteiger partial charge in [0, 0.05) is 18.3 Å². The van der Waals surface area contributed by atoms with Gasteiger partial charge in [-0.2, -0.15) is 4.98 Å². The first-order valence-corrected chi connectivity index (χ1v) is 8.52. The topological polar surface area (TPSA) is 61.9 Å². The highest BCUT2D eigenvalue weighted by Crippen LogP contribution is 2.46. The van der Waals surface area contributed by atoms with E-state index in [1.807, 2.05) is 0 Å². The van der Waals surface area contributed by atoms with Crippen molar-refractivity contribution in [3.63, 3.8) is 0 Å². The second-order valence-corrected chi connectivity index (χ2v) is 7.11. The van der Waals surface area contributed by atoms with Gasteiger partial charge in [0.2, 0.25) is 5.95 Å². The van der Waals surface area contributed by atoms with E-state index in [0.29, 0.717) is 28.2 Å². The van der Waals surface area contributed by atoms with Gasteiger partial charge in [-0.25, -0.2) is 9.37 Å². The Morgan fingerprint density at radius 3 is 2.75 bits per heavy atom. The van der Waals surface area contributed by atoms with Crippen LogP contribution in [0.5, 0.6) is 0 Å². The zero-order valence-electron chi connectivity index (χ0n) is 13.1. The molecule has 5 nitrogen and oxygen atoms in total. The number of hydrogen-bond donors (Lipinski definition) is 3. The summed E-state index contributed by atoms with van der Waals surface area (Å²) in [6.07, 6.45) is 5.12. The predicted molar refractivity (Wildman–Crippen MR) is 93.3 cm³/mol. The normalized spacial score (nSPS) is 25.5. The van der Waals surface area contributed by atoms with E-state index in [0.717, 1.165) is 31.6 Å². The summed E-state index contributed by atoms with van der Waals surface area (Å²) in [7, 11) is 0. The summed E-state index contributed by atoms with van der Waals surface area (Å²) in [5.41, 5.74) is 1.20. The van der Waals surface area contributed by atoms with Crippen molar-refractivity contribution in [2.75, 3.05) is 23.7 Å². The van der Waals surface area contributed by atoms with Crippen molar-refractivity contribution < 1.29 is 4.39 Å². The van der Waals surface area contributed by atoms with Crippen LogP contribution in [-0.2, 0) is 0 Å². The molecule has 1 spiro atoms. The van der Waals surface area contributed by atoms with Crippen molar-refractivity contribution >= 4 is 29.1 Å². The molecule has 3 N–H and O–H groups in total. The lowest BCUT2D eigenvalue weighted by molar-refractivity contribution is 0.141. The van der Waals surface area contributed by atoms with E-state index in [1.54, 1.807) is 18.3 Å². The summed E-state index contributed by atoms with van der Waals surface area (Å²) in [4.78, 5) is 8.71. The number of anilines is 3. The van der Waals surface area contributed by atoms with Gasteiger partial charge in [-0.05, 0) is 55.5 Å². The Morgan fingerprint density at radius 2 is 2.04 bits per heavy atom. The highest BCUT2D eigenvalue weighted by molar-refractivity contribution is 6.32. The van der Waals surface area contributed by atoms with E-state index in [4.69, 9.17) is 11.6 Å². The summed E-state index contributed by atoms with van der Waals surface area (Å²) in [6, 6.07) is 6.47. The largest absolute Gasteiger partial charge is 0.351 e. The summed E-state index contributed by atoms with van der Waals surface area (Å²) in [5, 5.41) is 10.3. The van der Waals surface area contributed by atoms with Crippen LogP contribution >= 0.6 is 11.6 Å². The lowest BCUT2D eigenvalue weighted by Gasteiger charge is -2.45. The minimum absolute atomic E-state index is 0.281. The van der Waals surface area contributed by atoms with Crippen LogP contribution in [0.1, 0.15) is 19.3 Å². The third kappa shape index (κ3) is 3.16. The SMILES string of the molecule is Fc1ccc(Nc2nc(NC3CC4(CCNC4)C3)ncc2Cl)cc1. The number of nitrogens with one attached hydrogen (secondary N) is 3. The molecule has 0 amide bonds. The molecule has 2 heterocycles. The first-order chi connectivity index (χ1) is 11.6. The van der Waals surface area contributed by atoms with Crippen molar-refractivity contribution in [1.82, 2.24) is 15.3 Å². The van der Waals surface area contributed by atoms with Gasteiger partial charge in [0.05, 0.1) is 6.20 Å². The summed E-state index contributed by atoms with van der Waals surface area (Å²) in [6.45, 7) is 2.24. The molecule has 0 radical (unpaired) electrons. The second-order valence-electron chi connectivity index (χ2n) is 6.70.